The maximum absolute atomic E-state index is 13.3. The molecule has 46 heavy (non-hydrogen) atoms. The van der Waals surface area contributed by atoms with Crippen LogP contribution in [0, 0.1) is 17.0 Å². The van der Waals surface area contributed by atoms with E-state index in [4.69, 9.17) is 9.47 Å². The van der Waals surface area contributed by atoms with Crippen molar-refractivity contribution in [2.24, 2.45) is 0 Å². The Morgan fingerprint density at radius 2 is 1.80 bits per heavy atom. The molecule has 1 aromatic heterocycles. The number of carbonyl (C=O) groups is 1. The summed E-state index contributed by atoms with van der Waals surface area (Å²) < 4.78 is 81.1. The van der Waals surface area contributed by atoms with Crippen LogP contribution in [-0.2, 0) is 22.7 Å². The predicted octanol–water partition coefficient (Wildman–Crippen LogP) is 5.92. The highest BCUT2D eigenvalue weighted by Gasteiger charge is 2.31. The number of sulfonamides is 1. The first kappa shape index (κ1) is 33.9. The van der Waals surface area contributed by atoms with Gasteiger partial charge in [0.15, 0.2) is 5.69 Å². The number of benzene rings is 3. The quantitative estimate of drug-likeness (QED) is 0.140. The van der Waals surface area contributed by atoms with E-state index in [9.17, 15) is 36.5 Å². The zero-order valence-corrected chi connectivity index (χ0v) is 25.9. The molecule has 0 aliphatic rings. The van der Waals surface area contributed by atoms with Crippen molar-refractivity contribution in [2.75, 3.05) is 7.11 Å². The molecule has 4 rings (SSSR count). The van der Waals surface area contributed by atoms with E-state index < -0.39 is 49.2 Å². The van der Waals surface area contributed by atoms with Gasteiger partial charge in [-0.15, -0.1) is 0 Å². The first-order valence-corrected chi connectivity index (χ1v) is 15.3. The van der Waals surface area contributed by atoms with Crippen molar-refractivity contribution >= 4 is 21.6 Å². The third-order valence-electron chi connectivity index (χ3n) is 6.91. The predicted molar refractivity (Wildman–Crippen MR) is 161 cm³/mol. The van der Waals surface area contributed by atoms with Crippen LogP contribution in [0.2, 0.25) is 0 Å². The molecule has 0 radical (unpaired) electrons. The van der Waals surface area contributed by atoms with Gasteiger partial charge in [-0.25, -0.2) is 13.1 Å². The summed E-state index contributed by atoms with van der Waals surface area (Å²) in [6, 6.07) is 13.5. The molecule has 0 aliphatic carbocycles. The van der Waals surface area contributed by atoms with E-state index >= 15 is 0 Å². The Kier molecular flexibility index (Phi) is 10.0. The Balaban J connectivity index is 1.78. The molecule has 0 fully saturated rings. The second kappa shape index (κ2) is 13.6. The Morgan fingerprint density at radius 3 is 2.41 bits per heavy atom. The van der Waals surface area contributed by atoms with Gasteiger partial charge in [-0.3, -0.25) is 14.9 Å². The molecular weight excluding hydrogens is 631 g/mol. The Morgan fingerprint density at radius 1 is 1.11 bits per heavy atom. The summed E-state index contributed by atoms with van der Waals surface area (Å²) in [6.45, 7) is 4.62. The van der Waals surface area contributed by atoms with Crippen LogP contribution < -0.4 is 19.5 Å². The van der Waals surface area contributed by atoms with Gasteiger partial charge in [0, 0.05) is 30.3 Å². The molecule has 0 bridgehead atoms. The normalized spacial score (nSPS) is 12.4. The van der Waals surface area contributed by atoms with Crippen molar-refractivity contribution in [1.82, 2.24) is 19.8 Å². The van der Waals surface area contributed by atoms with Crippen molar-refractivity contribution in [2.45, 2.75) is 50.9 Å². The number of ether oxygens (including phenoxy) is 2. The lowest BCUT2D eigenvalue weighted by molar-refractivity contribution is -0.385. The molecule has 1 atom stereocenters. The van der Waals surface area contributed by atoms with Crippen LogP contribution >= 0.6 is 0 Å². The van der Waals surface area contributed by atoms with E-state index in [2.05, 4.69) is 15.1 Å². The molecule has 0 saturated heterocycles. The number of alkyl halides is 3. The second-order valence-corrected chi connectivity index (χ2v) is 11.9. The lowest BCUT2D eigenvalue weighted by atomic mass is 10.1. The minimum atomic E-state index is -4.56. The van der Waals surface area contributed by atoms with Crippen molar-refractivity contribution in [3.63, 3.8) is 0 Å². The summed E-state index contributed by atoms with van der Waals surface area (Å²) in [5, 5.41) is 18.4. The van der Waals surface area contributed by atoms with Gasteiger partial charge in [-0.2, -0.15) is 23.0 Å². The lowest BCUT2D eigenvalue weighted by Gasteiger charge is -2.16. The molecular formula is C30H30F3N5O7S. The Bertz CT molecular complexity index is 1860. The van der Waals surface area contributed by atoms with Crippen LogP contribution in [0.15, 0.2) is 71.6 Å². The van der Waals surface area contributed by atoms with Gasteiger partial charge in [-0.05, 0) is 68.3 Å². The van der Waals surface area contributed by atoms with Gasteiger partial charge < -0.3 is 14.8 Å². The molecule has 0 spiro atoms. The van der Waals surface area contributed by atoms with Gasteiger partial charge in [0.2, 0.25) is 15.9 Å². The molecule has 1 heterocycles. The number of nitro groups is 1. The molecule has 0 saturated carbocycles. The number of nitro benzene ring substituents is 1. The number of amides is 1. The van der Waals surface area contributed by atoms with Gasteiger partial charge in [-0.1, -0.05) is 19.1 Å². The van der Waals surface area contributed by atoms with Crippen molar-refractivity contribution in [3.05, 3.63) is 99.2 Å². The second-order valence-electron chi connectivity index (χ2n) is 10.2. The summed E-state index contributed by atoms with van der Waals surface area (Å²) in [7, 11) is -2.85. The largest absolute Gasteiger partial charge is 0.497 e. The molecule has 244 valence electrons. The van der Waals surface area contributed by atoms with E-state index in [1.54, 1.807) is 38.1 Å². The molecule has 1 unspecified atom stereocenters. The van der Waals surface area contributed by atoms with Crippen molar-refractivity contribution in [1.29, 1.82) is 0 Å². The van der Waals surface area contributed by atoms with Gasteiger partial charge >= 0.3 is 6.18 Å². The maximum Gasteiger partial charge on any atom is 0.416 e. The fraction of sp³-hybridized carbons (Fsp3) is 0.267. The molecule has 12 nitrogen and oxygen atoms in total. The fourth-order valence-electron chi connectivity index (χ4n) is 4.26. The number of hydrogen-bond donors (Lipinski definition) is 2. The number of hydrogen-bond acceptors (Lipinski definition) is 8. The summed E-state index contributed by atoms with van der Waals surface area (Å²) >= 11 is 0. The zero-order valence-electron chi connectivity index (χ0n) is 25.1. The fourth-order valence-corrected chi connectivity index (χ4v) is 5.73. The first-order chi connectivity index (χ1) is 21.6. The van der Waals surface area contributed by atoms with Crippen molar-refractivity contribution < 1.29 is 40.8 Å². The number of methoxy groups -OCH3 is 1. The standard InChI is InChI=1S/C30H30F3N5O7S/c1-5-18(2)36-46(42,43)26-16-23(38(40)41)11-14-25(26)45-29-19(3)27(35-37(29)22-9-12-24(44-4)13-10-22)28(39)34-17-20-7-6-8-21(15-20)30(31,32)33/h6-16,18,36H,5,17H2,1-4H3,(H,34,39). The number of rotatable bonds is 12. The zero-order chi connectivity index (χ0) is 33.8. The Labute approximate surface area is 262 Å². The van der Waals surface area contributed by atoms with Gasteiger partial charge in [0.05, 0.1) is 23.3 Å². The molecule has 16 heteroatoms. The molecule has 3 aromatic carbocycles. The highest BCUT2D eigenvalue weighted by Crippen LogP contribution is 2.36. The molecule has 0 aliphatic heterocycles. The average molecular weight is 662 g/mol. The summed E-state index contributed by atoms with van der Waals surface area (Å²) in [5.74, 6) is -0.616. The molecule has 2 N–H and O–H groups in total. The van der Waals surface area contributed by atoms with E-state index in [1.807, 2.05) is 0 Å². The van der Waals surface area contributed by atoms with Gasteiger partial charge in [0.25, 0.3) is 11.6 Å². The summed E-state index contributed by atoms with van der Waals surface area (Å²) in [4.78, 5) is 23.6. The number of non-ortho nitro benzene ring substituents is 1. The smallest absolute Gasteiger partial charge is 0.416 e. The number of carbonyl (C=O) groups excluding carboxylic acids is 1. The highest BCUT2D eigenvalue weighted by molar-refractivity contribution is 7.89. The van der Waals surface area contributed by atoms with E-state index in [1.165, 1.54) is 30.8 Å². The van der Waals surface area contributed by atoms with Gasteiger partial charge in [0.1, 0.15) is 16.4 Å². The first-order valence-electron chi connectivity index (χ1n) is 13.8. The van der Waals surface area contributed by atoms with Crippen LogP contribution in [0.4, 0.5) is 18.9 Å². The average Bonchev–Trinajstić information content (AvgIpc) is 3.34. The molecule has 4 aromatic rings. The van der Waals surface area contributed by atoms with Crippen LogP contribution in [0.3, 0.4) is 0 Å². The van der Waals surface area contributed by atoms with Crippen molar-refractivity contribution in [3.8, 4) is 23.1 Å². The Hall–Kier alpha value is -4.96. The third kappa shape index (κ3) is 7.63. The van der Waals surface area contributed by atoms with Crippen LogP contribution in [0.1, 0.15) is 47.4 Å². The highest BCUT2D eigenvalue weighted by atomic mass is 32.2. The number of halogens is 3. The number of nitrogens with zero attached hydrogens (tertiary/aromatic N) is 3. The lowest BCUT2D eigenvalue weighted by Crippen LogP contribution is -2.32. The topological polar surface area (TPSA) is 155 Å². The maximum atomic E-state index is 13.3. The summed E-state index contributed by atoms with van der Waals surface area (Å²) in [5.41, 5.74) is -0.810. The number of nitrogens with one attached hydrogen (secondary N) is 2. The molecule has 1 amide bonds. The van der Waals surface area contributed by atoms with E-state index in [-0.39, 0.29) is 35.0 Å². The summed E-state index contributed by atoms with van der Waals surface area (Å²) in [6.07, 6.45) is -4.12. The van der Waals surface area contributed by atoms with Crippen LogP contribution in [-0.4, -0.2) is 42.2 Å². The number of aromatic nitrogens is 2. The van der Waals surface area contributed by atoms with Crippen LogP contribution in [0.5, 0.6) is 17.4 Å². The monoisotopic (exact) mass is 661 g/mol. The SMILES string of the molecule is CCC(C)NS(=O)(=O)c1cc([N+](=O)[O-])ccc1Oc1c(C)c(C(=O)NCc2cccc(C(F)(F)F)c2)nn1-c1ccc(OC)cc1. The van der Waals surface area contributed by atoms with E-state index in [0.29, 0.717) is 17.9 Å². The minimum Gasteiger partial charge on any atom is -0.497 e. The minimum absolute atomic E-state index is 0.0942. The third-order valence-corrected chi connectivity index (χ3v) is 8.52. The van der Waals surface area contributed by atoms with E-state index in [0.717, 1.165) is 30.3 Å². The van der Waals surface area contributed by atoms with Crippen LogP contribution in [0.25, 0.3) is 5.69 Å².